The van der Waals surface area contributed by atoms with Gasteiger partial charge >= 0.3 is 0 Å². The van der Waals surface area contributed by atoms with Crippen LogP contribution in [0.2, 0.25) is 0 Å². The Morgan fingerprint density at radius 1 is 1.32 bits per heavy atom. The number of hydrogen-bond donors (Lipinski definition) is 3. The van der Waals surface area contributed by atoms with Gasteiger partial charge in [-0.25, -0.2) is 4.98 Å². The van der Waals surface area contributed by atoms with Crippen LogP contribution in [0.3, 0.4) is 0 Å². The summed E-state index contributed by atoms with van der Waals surface area (Å²) in [5.74, 6) is 0.423. The molecule has 0 radical (unpaired) electrons. The van der Waals surface area contributed by atoms with Gasteiger partial charge in [-0.2, -0.15) is 0 Å². The van der Waals surface area contributed by atoms with E-state index in [9.17, 15) is 9.90 Å². The third-order valence-electron chi connectivity index (χ3n) is 3.82. The molecular formula is C16H18N4O2. The summed E-state index contributed by atoms with van der Waals surface area (Å²) >= 11 is 0. The fourth-order valence-electron chi connectivity index (χ4n) is 2.36. The fraction of sp³-hybridized carbons (Fsp3) is 0.312. The van der Waals surface area contributed by atoms with E-state index in [1.54, 1.807) is 36.8 Å². The topological polar surface area (TPSA) is 87.1 Å². The largest absolute Gasteiger partial charge is 0.388 e. The summed E-state index contributed by atoms with van der Waals surface area (Å²) in [7, 11) is 0. The number of aliphatic hydroxyl groups is 1. The summed E-state index contributed by atoms with van der Waals surface area (Å²) in [6, 6.07) is 7.13. The lowest BCUT2D eigenvalue weighted by atomic mass is 9.80. The minimum atomic E-state index is -0.717. The molecule has 6 nitrogen and oxygen atoms in total. The highest BCUT2D eigenvalue weighted by atomic mass is 16.3. The van der Waals surface area contributed by atoms with Crippen molar-refractivity contribution in [1.29, 1.82) is 0 Å². The van der Waals surface area contributed by atoms with Gasteiger partial charge in [0.25, 0.3) is 5.91 Å². The van der Waals surface area contributed by atoms with E-state index in [2.05, 4.69) is 20.6 Å². The van der Waals surface area contributed by atoms with Gasteiger partial charge in [-0.15, -0.1) is 0 Å². The Kier molecular flexibility index (Phi) is 4.02. The smallest absolute Gasteiger partial charge is 0.251 e. The number of amides is 1. The predicted molar refractivity (Wildman–Crippen MR) is 82.9 cm³/mol. The molecule has 3 N–H and O–H groups in total. The highest BCUT2D eigenvalue weighted by molar-refractivity contribution is 5.95. The molecule has 0 saturated heterocycles. The van der Waals surface area contributed by atoms with Crippen LogP contribution in [0.4, 0.5) is 11.5 Å². The molecule has 1 aliphatic carbocycles. The number of hydrogen-bond acceptors (Lipinski definition) is 5. The first kappa shape index (κ1) is 14.5. The van der Waals surface area contributed by atoms with Gasteiger partial charge in [0.15, 0.2) is 0 Å². The zero-order valence-electron chi connectivity index (χ0n) is 12.1. The molecular weight excluding hydrogens is 280 g/mol. The molecule has 0 bridgehead atoms. The van der Waals surface area contributed by atoms with Crippen molar-refractivity contribution in [2.45, 2.75) is 24.9 Å². The van der Waals surface area contributed by atoms with Gasteiger partial charge in [0, 0.05) is 30.2 Å². The molecule has 6 heteroatoms. The van der Waals surface area contributed by atoms with Crippen molar-refractivity contribution in [1.82, 2.24) is 15.3 Å². The minimum absolute atomic E-state index is 0.192. The van der Waals surface area contributed by atoms with Crippen LogP contribution in [-0.4, -0.2) is 33.1 Å². The summed E-state index contributed by atoms with van der Waals surface area (Å²) in [5, 5.41) is 15.9. The number of carbonyl (C=O) groups excluding carboxylic acids is 1. The number of nitrogens with zero attached hydrogens (tertiary/aromatic N) is 2. The van der Waals surface area contributed by atoms with Gasteiger partial charge < -0.3 is 15.7 Å². The predicted octanol–water partition coefficient (Wildman–Crippen LogP) is 1.86. The number of rotatable bonds is 5. The van der Waals surface area contributed by atoms with Gasteiger partial charge in [-0.1, -0.05) is 6.07 Å². The molecule has 3 rings (SSSR count). The maximum atomic E-state index is 12.2. The molecule has 114 valence electrons. The van der Waals surface area contributed by atoms with Crippen LogP contribution in [0.25, 0.3) is 0 Å². The quantitative estimate of drug-likeness (QED) is 0.784. The molecule has 0 spiro atoms. The molecule has 1 amide bonds. The molecule has 0 atom stereocenters. The van der Waals surface area contributed by atoms with Crippen molar-refractivity contribution >= 4 is 17.4 Å². The Morgan fingerprint density at radius 2 is 2.18 bits per heavy atom. The maximum absolute atomic E-state index is 12.2. The average Bonchev–Trinajstić information content (AvgIpc) is 2.52. The molecule has 1 aliphatic rings. The lowest BCUT2D eigenvalue weighted by molar-refractivity contribution is -0.0300. The summed E-state index contributed by atoms with van der Waals surface area (Å²) in [6.45, 7) is 0.299. The van der Waals surface area contributed by atoms with Crippen LogP contribution in [0.5, 0.6) is 0 Å². The van der Waals surface area contributed by atoms with Crippen molar-refractivity contribution in [3.8, 4) is 0 Å². The van der Waals surface area contributed by atoms with Crippen LogP contribution in [0.15, 0.2) is 42.9 Å². The highest BCUT2D eigenvalue weighted by Gasteiger charge is 2.34. The number of benzene rings is 1. The summed E-state index contributed by atoms with van der Waals surface area (Å²) in [4.78, 5) is 20.3. The molecule has 22 heavy (non-hydrogen) atoms. The number of nitrogens with one attached hydrogen (secondary N) is 2. The Bertz CT molecular complexity index is 656. The van der Waals surface area contributed by atoms with E-state index in [1.807, 2.05) is 6.07 Å². The van der Waals surface area contributed by atoms with Crippen LogP contribution < -0.4 is 10.6 Å². The van der Waals surface area contributed by atoms with Gasteiger partial charge in [0.2, 0.25) is 0 Å². The second kappa shape index (κ2) is 6.11. The zero-order chi connectivity index (χ0) is 15.4. The Balaban J connectivity index is 1.64. The van der Waals surface area contributed by atoms with Crippen molar-refractivity contribution in [3.05, 3.63) is 48.4 Å². The van der Waals surface area contributed by atoms with Crippen LogP contribution in [-0.2, 0) is 0 Å². The SMILES string of the molecule is O=C(NCC1(O)CCC1)c1cccc(Nc2cnccn2)c1. The number of aromatic nitrogens is 2. The number of anilines is 2. The first-order valence-corrected chi connectivity index (χ1v) is 7.28. The first-order chi connectivity index (χ1) is 10.6. The molecule has 1 fully saturated rings. The monoisotopic (exact) mass is 298 g/mol. The minimum Gasteiger partial charge on any atom is -0.388 e. The van der Waals surface area contributed by atoms with Gasteiger partial charge in [0.1, 0.15) is 5.82 Å². The van der Waals surface area contributed by atoms with E-state index >= 15 is 0 Å². The lowest BCUT2D eigenvalue weighted by Gasteiger charge is -2.36. The fourth-order valence-corrected chi connectivity index (χ4v) is 2.36. The molecule has 2 aromatic rings. The molecule has 1 aromatic carbocycles. The molecule has 0 unspecified atom stereocenters. The summed E-state index contributed by atoms with van der Waals surface area (Å²) < 4.78 is 0. The van der Waals surface area contributed by atoms with Gasteiger partial charge in [-0.3, -0.25) is 9.78 Å². The summed E-state index contributed by atoms with van der Waals surface area (Å²) in [6.07, 6.45) is 7.32. The number of carbonyl (C=O) groups is 1. The standard InChI is InChI=1S/C16H18N4O2/c21-15(19-11-16(22)5-2-6-16)12-3-1-4-13(9-12)20-14-10-17-7-8-18-14/h1,3-4,7-10,22H,2,5-6,11H2,(H,18,20)(H,19,21). The van der Waals surface area contributed by atoms with Crippen molar-refractivity contribution in [2.75, 3.05) is 11.9 Å². The normalized spacial score (nSPS) is 15.7. The lowest BCUT2D eigenvalue weighted by Crippen LogP contribution is -2.47. The van der Waals surface area contributed by atoms with E-state index < -0.39 is 5.60 Å². The molecule has 1 aromatic heterocycles. The van der Waals surface area contributed by atoms with E-state index in [4.69, 9.17) is 0 Å². The second-order valence-electron chi connectivity index (χ2n) is 5.56. The Morgan fingerprint density at radius 3 is 2.86 bits per heavy atom. The second-order valence-corrected chi connectivity index (χ2v) is 5.56. The van der Waals surface area contributed by atoms with Crippen molar-refractivity contribution in [3.63, 3.8) is 0 Å². The van der Waals surface area contributed by atoms with E-state index in [0.717, 1.165) is 24.9 Å². The van der Waals surface area contributed by atoms with Crippen LogP contribution in [0.1, 0.15) is 29.6 Å². The molecule has 1 heterocycles. The van der Waals surface area contributed by atoms with Gasteiger partial charge in [0.05, 0.1) is 11.8 Å². The van der Waals surface area contributed by atoms with Gasteiger partial charge in [-0.05, 0) is 37.5 Å². The van der Waals surface area contributed by atoms with E-state index in [-0.39, 0.29) is 5.91 Å². The van der Waals surface area contributed by atoms with E-state index in [1.165, 1.54) is 0 Å². The first-order valence-electron chi connectivity index (χ1n) is 7.28. The van der Waals surface area contributed by atoms with Crippen LogP contribution in [0, 0.1) is 0 Å². The zero-order valence-corrected chi connectivity index (χ0v) is 12.1. The van der Waals surface area contributed by atoms with Crippen LogP contribution >= 0.6 is 0 Å². The third-order valence-corrected chi connectivity index (χ3v) is 3.82. The highest BCUT2D eigenvalue weighted by Crippen LogP contribution is 2.30. The average molecular weight is 298 g/mol. The Labute approximate surface area is 128 Å². The maximum Gasteiger partial charge on any atom is 0.251 e. The Hall–Kier alpha value is -2.47. The van der Waals surface area contributed by atoms with E-state index in [0.29, 0.717) is 17.9 Å². The summed E-state index contributed by atoms with van der Waals surface area (Å²) in [5.41, 5.74) is 0.581. The molecule has 0 aliphatic heterocycles. The van der Waals surface area contributed by atoms with Crippen molar-refractivity contribution in [2.24, 2.45) is 0 Å². The van der Waals surface area contributed by atoms with Crippen molar-refractivity contribution < 1.29 is 9.90 Å². The molecule has 1 saturated carbocycles. The third kappa shape index (κ3) is 3.40.